The first-order chi connectivity index (χ1) is 10.1. The highest BCUT2D eigenvalue weighted by atomic mass is 16.5. The van der Waals surface area contributed by atoms with Crippen LogP contribution in [0.4, 0.5) is 11.5 Å². The van der Waals surface area contributed by atoms with Crippen molar-refractivity contribution in [2.75, 3.05) is 17.2 Å². The Bertz CT molecular complexity index is 651. The van der Waals surface area contributed by atoms with Crippen LogP contribution in [0.1, 0.15) is 25.5 Å². The van der Waals surface area contributed by atoms with Gasteiger partial charge in [-0.05, 0) is 18.1 Å². The number of benzene rings is 1. The molecular formula is C15H18N4O2. The molecule has 0 radical (unpaired) electrons. The average Bonchev–Trinajstić information content (AvgIpc) is 2.95. The summed E-state index contributed by atoms with van der Waals surface area (Å²) in [6.07, 6.45) is -0.570. The maximum Gasteiger partial charge on any atom is 0.268 e. The minimum atomic E-state index is -0.570. The van der Waals surface area contributed by atoms with Crippen LogP contribution in [0.3, 0.4) is 0 Å². The number of carbonyl (C=O) groups excluding carboxylic acids is 1. The fourth-order valence-corrected chi connectivity index (χ4v) is 2.16. The lowest BCUT2D eigenvalue weighted by molar-refractivity contribution is -0.122. The molecule has 0 saturated carbocycles. The summed E-state index contributed by atoms with van der Waals surface area (Å²) in [6, 6.07) is 9.40. The first-order valence-corrected chi connectivity index (χ1v) is 6.99. The zero-order valence-electron chi connectivity index (χ0n) is 12.0. The standard InChI is InChI=1S/C15H18N4O2/c1-9(2)11-7-14(19-18-11)17-15(20)13-8-16-10-5-3-4-6-12(10)21-13/h3-7,9,13,16H,8H2,1-2H3,(H2,17,18,19,20). The fourth-order valence-electron chi connectivity index (χ4n) is 2.16. The minimum absolute atomic E-state index is 0.209. The van der Waals surface area contributed by atoms with Crippen LogP contribution in [0.5, 0.6) is 5.75 Å². The Morgan fingerprint density at radius 3 is 3.00 bits per heavy atom. The second-order valence-corrected chi connectivity index (χ2v) is 5.34. The van der Waals surface area contributed by atoms with Crippen molar-refractivity contribution in [3.63, 3.8) is 0 Å². The summed E-state index contributed by atoms with van der Waals surface area (Å²) >= 11 is 0. The van der Waals surface area contributed by atoms with E-state index in [1.165, 1.54) is 0 Å². The van der Waals surface area contributed by atoms with Crippen molar-refractivity contribution < 1.29 is 9.53 Å². The lowest BCUT2D eigenvalue weighted by Gasteiger charge is -2.26. The van der Waals surface area contributed by atoms with E-state index in [2.05, 4.69) is 34.7 Å². The Balaban J connectivity index is 1.66. The molecule has 6 nitrogen and oxygen atoms in total. The second-order valence-electron chi connectivity index (χ2n) is 5.34. The predicted molar refractivity (Wildman–Crippen MR) is 80.7 cm³/mol. The van der Waals surface area contributed by atoms with Gasteiger partial charge in [-0.3, -0.25) is 9.89 Å². The molecule has 3 N–H and O–H groups in total. The van der Waals surface area contributed by atoms with Crippen LogP contribution in [0.2, 0.25) is 0 Å². The Labute approximate surface area is 122 Å². The lowest BCUT2D eigenvalue weighted by atomic mass is 10.1. The highest BCUT2D eigenvalue weighted by molar-refractivity contribution is 5.94. The van der Waals surface area contributed by atoms with E-state index in [4.69, 9.17) is 4.74 Å². The van der Waals surface area contributed by atoms with E-state index >= 15 is 0 Å². The van der Waals surface area contributed by atoms with Gasteiger partial charge in [0.25, 0.3) is 5.91 Å². The number of hydrogen-bond acceptors (Lipinski definition) is 4. The smallest absolute Gasteiger partial charge is 0.268 e. The van der Waals surface area contributed by atoms with E-state index in [0.29, 0.717) is 24.0 Å². The van der Waals surface area contributed by atoms with E-state index in [9.17, 15) is 4.79 Å². The molecule has 2 heterocycles. The monoisotopic (exact) mass is 286 g/mol. The molecule has 0 fully saturated rings. The molecular weight excluding hydrogens is 268 g/mol. The Hall–Kier alpha value is -2.50. The molecule has 6 heteroatoms. The first-order valence-electron chi connectivity index (χ1n) is 6.99. The van der Waals surface area contributed by atoms with Gasteiger partial charge in [0.2, 0.25) is 0 Å². The third-order valence-electron chi connectivity index (χ3n) is 3.40. The van der Waals surface area contributed by atoms with Crippen molar-refractivity contribution in [2.45, 2.75) is 25.9 Å². The summed E-state index contributed by atoms with van der Waals surface area (Å²) in [4.78, 5) is 12.2. The number of para-hydroxylation sites is 2. The predicted octanol–water partition coefficient (Wildman–Crippen LogP) is 2.34. The molecule has 0 aliphatic carbocycles. The van der Waals surface area contributed by atoms with Gasteiger partial charge < -0.3 is 15.4 Å². The molecule has 1 aliphatic rings. The third kappa shape index (κ3) is 2.84. The number of amides is 1. The van der Waals surface area contributed by atoms with Crippen molar-refractivity contribution in [1.82, 2.24) is 10.2 Å². The number of ether oxygens (including phenoxy) is 1. The topological polar surface area (TPSA) is 79.0 Å². The van der Waals surface area contributed by atoms with Gasteiger partial charge in [-0.1, -0.05) is 26.0 Å². The molecule has 1 unspecified atom stereocenters. The summed E-state index contributed by atoms with van der Waals surface area (Å²) in [7, 11) is 0. The summed E-state index contributed by atoms with van der Waals surface area (Å²) in [5.74, 6) is 1.33. The van der Waals surface area contributed by atoms with Crippen LogP contribution in [0.25, 0.3) is 0 Å². The molecule has 1 amide bonds. The molecule has 2 aromatic rings. The maximum absolute atomic E-state index is 12.2. The van der Waals surface area contributed by atoms with Crippen molar-refractivity contribution in [1.29, 1.82) is 0 Å². The largest absolute Gasteiger partial charge is 0.477 e. The van der Waals surface area contributed by atoms with Crippen molar-refractivity contribution >= 4 is 17.4 Å². The zero-order valence-corrected chi connectivity index (χ0v) is 12.0. The highest BCUT2D eigenvalue weighted by Crippen LogP contribution is 2.28. The number of fused-ring (bicyclic) bond motifs is 1. The number of nitrogens with zero attached hydrogens (tertiary/aromatic N) is 1. The SMILES string of the molecule is CC(C)c1cc(NC(=O)C2CNc3ccccc3O2)n[nH]1. The number of aromatic nitrogens is 2. The van der Waals surface area contributed by atoms with E-state index < -0.39 is 6.10 Å². The van der Waals surface area contributed by atoms with E-state index in [-0.39, 0.29) is 5.91 Å². The molecule has 0 bridgehead atoms. The Morgan fingerprint density at radius 2 is 2.24 bits per heavy atom. The van der Waals surface area contributed by atoms with Crippen LogP contribution >= 0.6 is 0 Å². The van der Waals surface area contributed by atoms with Gasteiger partial charge in [-0.2, -0.15) is 5.10 Å². The molecule has 3 rings (SSSR count). The average molecular weight is 286 g/mol. The van der Waals surface area contributed by atoms with Gasteiger partial charge in [0, 0.05) is 11.8 Å². The number of carbonyl (C=O) groups is 1. The molecule has 1 aromatic heterocycles. The lowest BCUT2D eigenvalue weighted by Crippen LogP contribution is -2.41. The van der Waals surface area contributed by atoms with Gasteiger partial charge in [0.05, 0.1) is 12.2 Å². The zero-order chi connectivity index (χ0) is 14.8. The van der Waals surface area contributed by atoms with Crippen LogP contribution in [0.15, 0.2) is 30.3 Å². The first kappa shape index (κ1) is 13.5. The normalized spacial score (nSPS) is 16.8. The Kier molecular flexibility index (Phi) is 3.51. The number of hydrogen-bond donors (Lipinski definition) is 3. The molecule has 1 aliphatic heterocycles. The summed E-state index contributed by atoms with van der Waals surface area (Å²) in [5, 5.41) is 13.0. The van der Waals surface area contributed by atoms with Crippen LogP contribution in [0, 0.1) is 0 Å². The third-order valence-corrected chi connectivity index (χ3v) is 3.40. The number of nitrogens with one attached hydrogen (secondary N) is 3. The van der Waals surface area contributed by atoms with Crippen molar-refractivity contribution in [3.05, 3.63) is 36.0 Å². The summed E-state index contributed by atoms with van der Waals surface area (Å²) in [5.41, 5.74) is 1.89. The van der Waals surface area contributed by atoms with Crippen LogP contribution in [-0.4, -0.2) is 28.8 Å². The maximum atomic E-state index is 12.2. The molecule has 21 heavy (non-hydrogen) atoms. The molecule has 1 aromatic carbocycles. The Morgan fingerprint density at radius 1 is 1.43 bits per heavy atom. The fraction of sp³-hybridized carbons (Fsp3) is 0.333. The van der Waals surface area contributed by atoms with Crippen LogP contribution < -0.4 is 15.4 Å². The van der Waals surface area contributed by atoms with Crippen molar-refractivity contribution in [3.8, 4) is 5.75 Å². The van der Waals surface area contributed by atoms with Gasteiger partial charge in [0.1, 0.15) is 5.75 Å². The molecule has 0 saturated heterocycles. The summed E-state index contributed by atoms with van der Waals surface area (Å²) < 4.78 is 5.71. The minimum Gasteiger partial charge on any atom is -0.477 e. The van der Waals surface area contributed by atoms with Gasteiger partial charge in [-0.25, -0.2) is 0 Å². The summed E-state index contributed by atoms with van der Waals surface area (Å²) in [6.45, 7) is 4.55. The van der Waals surface area contributed by atoms with Crippen molar-refractivity contribution in [2.24, 2.45) is 0 Å². The highest BCUT2D eigenvalue weighted by Gasteiger charge is 2.26. The van der Waals surface area contributed by atoms with E-state index in [1.807, 2.05) is 30.3 Å². The van der Waals surface area contributed by atoms with Gasteiger partial charge in [-0.15, -0.1) is 0 Å². The number of H-pyrrole nitrogens is 1. The van der Waals surface area contributed by atoms with Gasteiger partial charge >= 0.3 is 0 Å². The van der Waals surface area contributed by atoms with Crippen LogP contribution in [-0.2, 0) is 4.79 Å². The number of aromatic amines is 1. The molecule has 110 valence electrons. The van der Waals surface area contributed by atoms with Gasteiger partial charge in [0.15, 0.2) is 11.9 Å². The van der Waals surface area contributed by atoms with E-state index in [0.717, 1.165) is 11.4 Å². The second kappa shape index (κ2) is 5.47. The number of rotatable bonds is 3. The number of anilines is 2. The van der Waals surface area contributed by atoms with E-state index in [1.54, 1.807) is 0 Å². The quantitative estimate of drug-likeness (QED) is 0.809. The molecule has 1 atom stereocenters. The molecule has 0 spiro atoms.